The molecule has 0 bridgehead atoms. The lowest BCUT2D eigenvalue weighted by atomic mass is 10.0. The van der Waals surface area contributed by atoms with Gasteiger partial charge in [-0.25, -0.2) is 17.2 Å². The van der Waals surface area contributed by atoms with Gasteiger partial charge in [0.1, 0.15) is 5.75 Å². The zero-order valence-electron chi connectivity index (χ0n) is 15.7. The van der Waals surface area contributed by atoms with E-state index >= 15 is 0 Å². The van der Waals surface area contributed by atoms with Gasteiger partial charge in [-0.15, -0.1) is 0 Å². The molecule has 1 aliphatic heterocycles. The maximum Gasteiger partial charge on any atom is 0.235 e. The van der Waals surface area contributed by atoms with Crippen molar-refractivity contribution in [1.82, 2.24) is 10.2 Å². The summed E-state index contributed by atoms with van der Waals surface area (Å²) in [7, 11) is -3.35. The Hall–Kier alpha value is -1.54. The molecule has 0 radical (unpaired) electrons. The minimum Gasteiger partial charge on any atom is -0.352 e. The average Bonchev–Trinajstić information content (AvgIpc) is 2.59. The van der Waals surface area contributed by atoms with E-state index in [9.17, 15) is 22.0 Å². The normalized spacial score (nSPS) is 16.4. The van der Waals surface area contributed by atoms with Crippen LogP contribution in [0.25, 0.3) is 0 Å². The molecule has 1 aromatic rings. The Balaban J connectivity index is 1.73. The lowest BCUT2D eigenvalue weighted by Gasteiger charge is -2.32. The Bertz CT molecular complexity index is 732. The molecule has 0 saturated carbocycles. The van der Waals surface area contributed by atoms with Crippen LogP contribution in [0.15, 0.2) is 18.2 Å². The molecule has 0 unspecified atom stereocenters. The number of piperidine rings is 1. The van der Waals surface area contributed by atoms with E-state index in [1.165, 1.54) is 6.07 Å². The summed E-state index contributed by atoms with van der Waals surface area (Å²) in [6.45, 7) is 3.92. The van der Waals surface area contributed by atoms with Crippen LogP contribution in [-0.4, -0.2) is 49.9 Å². The minimum absolute atomic E-state index is 0.0513. The summed E-state index contributed by atoms with van der Waals surface area (Å²) >= 11 is 0. The second kappa shape index (κ2) is 10.1. The Morgan fingerprint density at radius 3 is 2.52 bits per heavy atom. The molecular weight excluding hydrogens is 374 g/mol. The lowest BCUT2D eigenvalue weighted by molar-refractivity contribution is -0.119. The molecule has 1 amide bonds. The van der Waals surface area contributed by atoms with Gasteiger partial charge < -0.3 is 5.32 Å². The van der Waals surface area contributed by atoms with Crippen molar-refractivity contribution in [3.8, 4) is 0 Å². The van der Waals surface area contributed by atoms with Crippen LogP contribution in [0.4, 0.5) is 8.78 Å². The molecular formula is C19H28F2N2O3S. The zero-order valence-corrected chi connectivity index (χ0v) is 16.5. The van der Waals surface area contributed by atoms with Crippen LogP contribution in [-0.2, 0) is 21.2 Å². The van der Waals surface area contributed by atoms with Gasteiger partial charge >= 0.3 is 0 Å². The number of carbonyl (C=O) groups is 1. The van der Waals surface area contributed by atoms with E-state index in [4.69, 9.17) is 0 Å². The van der Waals surface area contributed by atoms with Crippen LogP contribution in [0.5, 0.6) is 0 Å². The highest BCUT2D eigenvalue weighted by atomic mass is 32.2. The average molecular weight is 403 g/mol. The summed E-state index contributed by atoms with van der Waals surface area (Å²) < 4.78 is 50.1. The quantitative estimate of drug-likeness (QED) is 0.645. The maximum absolute atomic E-state index is 13.3. The van der Waals surface area contributed by atoms with Crippen molar-refractivity contribution in [1.29, 1.82) is 0 Å². The van der Waals surface area contributed by atoms with E-state index in [2.05, 4.69) is 10.2 Å². The first-order valence-corrected chi connectivity index (χ1v) is 11.3. The standard InChI is InChI=1S/C19H28F2N2O3S/c1-2-3-4-11-27(25,26)14-19(24)22-16-7-9-23(10-8-16)13-15-5-6-17(20)18(21)12-15/h5-6,12,16H,2-4,7-11,13-14H2,1H3,(H,22,24). The van der Waals surface area contributed by atoms with E-state index in [-0.39, 0.29) is 11.8 Å². The number of nitrogens with one attached hydrogen (secondary N) is 1. The smallest absolute Gasteiger partial charge is 0.235 e. The lowest BCUT2D eigenvalue weighted by Crippen LogP contribution is -2.46. The number of amides is 1. The van der Waals surface area contributed by atoms with Crippen LogP contribution in [0.1, 0.15) is 44.6 Å². The van der Waals surface area contributed by atoms with Crippen molar-refractivity contribution in [2.75, 3.05) is 24.6 Å². The number of carbonyl (C=O) groups excluding carboxylic acids is 1. The van der Waals surface area contributed by atoms with Crippen LogP contribution in [0.3, 0.4) is 0 Å². The molecule has 1 saturated heterocycles. The first-order valence-electron chi connectivity index (χ1n) is 9.45. The van der Waals surface area contributed by atoms with E-state index in [0.29, 0.717) is 44.5 Å². The van der Waals surface area contributed by atoms with Crippen LogP contribution in [0.2, 0.25) is 0 Å². The third-order valence-electron chi connectivity index (χ3n) is 4.75. The van der Waals surface area contributed by atoms with Gasteiger partial charge in [0.25, 0.3) is 0 Å². The monoisotopic (exact) mass is 402 g/mol. The molecule has 0 spiro atoms. The van der Waals surface area contributed by atoms with Crippen LogP contribution in [0, 0.1) is 11.6 Å². The first-order chi connectivity index (χ1) is 12.8. The number of rotatable bonds is 9. The molecule has 152 valence electrons. The van der Waals surface area contributed by atoms with Gasteiger partial charge in [0.05, 0.1) is 5.75 Å². The molecule has 1 aromatic carbocycles. The first kappa shape index (κ1) is 21.8. The molecule has 2 rings (SSSR count). The third kappa shape index (κ3) is 7.54. The van der Waals surface area contributed by atoms with E-state index in [1.807, 2.05) is 6.92 Å². The Morgan fingerprint density at radius 1 is 1.19 bits per heavy atom. The highest BCUT2D eigenvalue weighted by Gasteiger charge is 2.23. The van der Waals surface area contributed by atoms with Gasteiger partial charge in [-0.1, -0.05) is 25.8 Å². The van der Waals surface area contributed by atoms with Gasteiger partial charge in [-0.05, 0) is 37.0 Å². The number of halogens is 2. The second-order valence-corrected chi connectivity index (χ2v) is 9.35. The van der Waals surface area contributed by atoms with Crippen molar-refractivity contribution in [2.45, 2.75) is 51.6 Å². The van der Waals surface area contributed by atoms with Gasteiger partial charge in [0.2, 0.25) is 5.91 Å². The van der Waals surface area contributed by atoms with Crippen molar-refractivity contribution in [3.63, 3.8) is 0 Å². The fraction of sp³-hybridized carbons (Fsp3) is 0.632. The summed E-state index contributed by atoms with van der Waals surface area (Å²) in [5, 5.41) is 2.81. The highest BCUT2D eigenvalue weighted by Crippen LogP contribution is 2.16. The summed E-state index contributed by atoms with van der Waals surface area (Å²) in [6.07, 6.45) is 3.77. The molecule has 0 aromatic heterocycles. The number of hydrogen-bond donors (Lipinski definition) is 1. The van der Waals surface area contributed by atoms with E-state index < -0.39 is 33.1 Å². The summed E-state index contributed by atoms with van der Waals surface area (Å²) in [6, 6.07) is 3.84. The number of likely N-dealkylation sites (tertiary alicyclic amines) is 1. The molecule has 5 nitrogen and oxygen atoms in total. The second-order valence-electron chi connectivity index (χ2n) is 7.17. The summed E-state index contributed by atoms with van der Waals surface area (Å²) in [5.74, 6) is -2.54. The van der Waals surface area contributed by atoms with E-state index in [0.717, 1.165) is 18.9 Å². The predicted molar refractivity (Wildman–Crippen MR) is 101 cm³/mol. The Morgan fingerprint density at radius 2 is 1.89 bits per heavy atom. The molecule has 1 heterocycles. The van der Waals surface area contributed by atoms with Crippen molar-refractivity contribution in [3.05, 3.63) is 35.4 Å². The highest BCUT2D eigenvalue weighted by molar-refractivity contribution is 7.92. The molecule has 0 atom stereocenters. The molecule has 8 heteroatoms. The number of hydrogen-bond acceptors (Lipinski definition) is 4. The van der Waals surface area contributed by atoms with Gasteiger partial charge in [-0.3, -0.25) is 9.69 Å². The zero-order chi connectivity index (χ0) is 19.9. The van der Waals surface area contributed by atoms with Crippen LogP contribution < -0.4 is 5.32 Å². The number of nitrogens with zero attached hydrogens (tertiary/aromatic N) is 1. The molecule has 27 heavy (non-hydrogen) atoms. The van der Waals surface area contributed by atoms with Gasteiger partial charge in [0.15, 0.2) is 21.5 Å². The molecule has 0 aliphatic carbocycles. The molecule has 1 N–H and O–H groups in total. The number of unbranched alkanes of at least 4 members (excludes halogenated alkanes) is 2. The number of sulfone groups is 1. The number of benzene rings is 1. The Kier molecular flexibility index (Phi) is 8.16. The molecule has 1 fully saturated rings. The SMILES string of the molecule is CCCCCS(=O)(=O)CC(=O)NC1CCN(Cc2ccc(F)c(F)c2)CC1. The van der Waals surface area contributed by atoms with Gasteiger partial charge in [0, 0.05) is 25.7 Å². The minimum atomic E-state index is -3.35. The Labute approximate surface area is 160 Å². The summed E-state index contributed by atoms with van der Waals surface area (Å²) in [5.41, 5.74) is 0.703. The van der Waals surface area contributed by atoms with Gasteiger partial charge in [-0.2, -0.15) is 0 Å². The fourth-order valence-corrected chi connectivity index (χ4v) is 4.52. The largest absolute Gasteiger partial charge is 0.352 e. The van der Waals surface area contributed by atoms with Crippen LogP contribution >= 0.6 is 0 Å². The predicted octanol–water partition coefficient (Wildman–Crippen LogP) is 2.65. The molecule has 1 aliphatic rings. The fourth-order valence-electron chi connectivity index (χ4n) is 3.24. The van der Waals surface area contributed by atoms with Crippen molar-refractivity contribution in [2.24, 2.45) is 0 Å². The van der Waals surface area contributed by atoms with Crippen molar-refractivity contribution < 1.29 is 22.0 Å². The maximum atomic E-state index is 13.3. The third-order valence-corrected chi connectivity index (χ3v) is 6.37. The van der Waals surface area contributed by atoms with Crippen molar-refractivity contribution >= 4 is 15.7 Å². The van der Waals surface area contributed by atoms with E-state index in [1.54, 1.807) is 6.07 Å². The topological polar surface area (TPSA) is 66.5 Å². The summed E-state index contributed by atoms with van der Waals surface area (Å²) in [4.78, 5) is 14.1.